The van der Waals surface area contributed by atoms with Gasteiger partial charge in [-0.15, -0.1) is 10.2 Å². The molecule has 0 aliphatic carbocycles. The maximum absolute atomic E-state index is 12.5. The Hall–Kier alpha value is -2.06. The van der Waals surface area contributed by atoms with Gasteiger partial charge in [-0.25, -0.2) is 9.78 Å². The molecule has 0 atom stereocenters. The largest absolute Gasteiger partial charge is 0.416 e. The molecule has 1 amide bonds. The Balaban J connectivity index is 1.96. The minimum absolute atomic E-state index is 0.139. The van der Waals surface area contributed by atoms with Crippen molar-refractivity contribution in [2.24, 2.45) is 0 Å². The van der Waals surface area contributed by atoms with E-state index < -0.39 is 0 Å². The summed E-state index contributed by atoms with van der Waals surface area (Å²) in [6, 6.07) is 1.94. The summed E-state index contributed by atoms with van der Waals surface area (Å²) in [6.07, 6.45) is 1.30. The number of hydrogen-bond donors (Lipinski definition) is 1. The smallest absolute Gasteiger partial charge is 0.390 e. The zero-order valence-corrected chi connectivity index (χ0v) is 14.9. The Bertz CT molecular complexity index is 706. The summed E-state index contributed by atoms with van der Waals surface area (Å²) in [5.41, 5.74) is 3.30. The second-order valence-corrected chi connectivity index (χ2v) is 7.47. The summed E-state index contributed by atoms with van der Waals surface area (Å²) in [4.78, 5) is 18.4. The van der Waals surface area contributed by atoms with Crippen LogP contribution in [0.25, 0.3) is 10.6 Å². The predicted octanol–water partition coefficient (Wildman–Crippen LogP) is 2.30. The number of pyridine rings is 1. The van der Waals surface area contributed by atoms with Crippen molar-refractivity contribution in [3.8, 4) is 16.5 Å². The molecule has 1 saturated heterocycles. The molecule has 1 N–H and O–H groups in total. The maximum atomic E-state index is 12.5. The number of rotatable bonds is 2. The van der Waals surface area contributed by atoms with E-state index in [4.69, 9.17) is 4.74 Å². The number of nitrogens with zero attached hydrogens (tertiary/aromatic N) is 4. The number of ether oxygens (including phenoxy) is 1. The van der Waals surface area contributed by atoms with E-state index in [-0.39, 0.29) is 11.5 Å². The van der Waals surface area contributed by atoms with Gasteiger partial charge in [0.25, 0.3) is 0 Å². The zero-order chi connectivity index (χ0) is 17.2. The summed E-state index contributed by atoms with van der Waals surface area (Å²) < 4.78 is 5.63. The Morgan fingerprint density at radius 2 is 2.08 bits per heavy atom. The van der Waals surface area contributed by atoms with E-state index in [9.17, 15) is 4.79 Å². The van der Waals surface area contributed by atoms with Crippen molar-refractivity contribution in [1.82, 2.24) is 25.4 Å². The summed E-state index contributed by atoms with van der Waals surface area (Å²) in [5.74, 6) is 0.294. The van der Waals surface area contributed by atoms with Crippen LogP contribution in [0.5, 0.6) is 5.88 Å². The van der Waals surface area contributed by atoms with Crippen molar-refractivity contribution in [3.63, 3.8) is 0 Å². The third-order valence-corrected chi connectivity index (χ3v) is 4.57. The molecular formula is C16H21N5O2S. The molecule has 0 aromatic carbocycles. The standard InChI is InChI=1S/C16H21N5O2S/c1-16(2,3)11-4-5-18-13(12(11)14-20-19-10-24-14)23-15(22)21-8-6-17-7-9-21/h4-5,10,17H,6-9H2,1-3H3. The van der Waals surface area contributed by atoms with E-state index in [1.807, 2.05) is 6.07 Å². The van der Waals surface area contributed by atoms with E-state index in [1.165, 1.54) is 11.3 Å². The van der Waals surface area contributed by atoms with E-state index in [2.05, 4.69) is 41.3 Å². The monoisotopic (exact) mass is 347 g/mol. The van der Waals surface area contributed by atoms with Crippen LogP contribution in [0.15, 0.2) is 17.8 Å². The molecule has 1 fully saturated rings. The molecular weight excluding hydrogens is 326 g/mol. The molecule has 0 bridgehead atoms. The van der Waals surface area contributed by atoms with Crippen molar-refractivity contribution in [1.29, 1.82) is 0 Å². The van der Waals surface area contributed by atoms with Crippen LogP contribution in [0.3, 0.4) is 0 Å². The van der Waals surface area contributed by atoms with Crippen molar-refractivity contribution in [2.75, 3.05) is 26.2 Å². The summed E-state index contributed by atoms with van der Waals surface area (Å²) in [5, 5.41) is 12.0. The van der Waals surface area contributed by atoms with Gasteiger partial charge in [0.15, 0.2) is 5.01 Å². The van der Waals surface area contributed by atoms with Gasteiger partial charge in [0.2, 0.25) is 5.88 Å². The molecule has 0 radical (unpaired) electrons. The predicted molar refractivity (Wildman–Crippen MR) is 92.3 cm³/mol. The number of hydrogen-bond acceptors (Lipinski definition) is 7. The molecule has 0 saturated carbocycles. The molecule has 2 aromatic rings. The Labute approximate surface area is 145 Å². The van der Waals surface area contributed by atoms with Gasteiger partial charge in [0.1, 0.15) is 5.51 Å². The number of carbonyl (C=O) groups is 1. The molecule has 1 aliphatic heterocycles. The summed E-state index contributed by atoms with van der Waals surface area (Å²) >= 11 is 1.41. The highest BCUT2D eigenvalue weighted by molar-refractivity contribution is 7.12. The zero-order valence-electron chi connectivity index (χ0n) is 14.1. The lowest BCUT2D eigenvalue weighted by atomic mass is 9.84. The molecule has 0 unspecified atom stereocenters. The first kappa shape index (κ1) is 16.8. The molecule has 0 spiro atoms. The van der Waals surface area contributed by atoms with Crippen molar-refractivity contribution in [3.05, 3.63) is 23.3 Å². The summed E-state index contributed by atoms with van der Waals surface area (Å²) in [6.45, 7) is 9.12. The molecule has 8 heteroatoms. The van der Waals surface area contributed by atoms with Crippen molar-refractivity contribution < 1.29 is 9.53 Å². The first-order valence-corrected chi connectivity index (χ1v) is 8.78. The molecule has 2 aromatic heterocycles. The highest BCUT2D eigenvalue weighted by atomic mass is 32.1. The van der Waals surface area contributed by atoms with Gasteiger partial charge >= 0.3 is 6.09 Å². The number of nitrogens with one attached hydrogen (secondary N) is 1. The fraction of sp³-hybridized carbons (Fsp3) is 0.500. The Kier molecular flexibility index (Phi) is 4.77. The van der Waals surface area contributed by atoms with Crippen LogP contribution < -0.4 is 10.1 Å². The summed E-state index contributed by atoms with van der Waals surface area (Å²) in [7, 11) is 0. The first-order chi connectivity index (χ1) is 11.5. The normalized spacial score (nSPS) is 15.4. The van der Waals surface area contributed by atoms with Crippen LogP contribution in [0.1, 0.15) is 26.3 Å². The van der Waals surface area contributed by atoms with Gasteiger partial charge < -0.3 is 15.0 Å². The van der Waals surface area contributed by atoms with Crippen LogP contribution >= 0.6 is 11.3 Å². The van der Waals surface area contributed by atoms with Crippen molar-refractivity contribution >= 4 is 17.4 Å². The van der Waals surface area contributed by atoms with Crippen LogP contribution in [0, 0.1) is 0 Å². The van der Waals surface area contributed by atoms with Gasteiger partial charge in [-0.2, -0.15) is 0 Å². The van der Waals surface area contributed by atoms with E-state index in [1.54, 1.807) is 16.6 Å². The van der Waals surface area contributed by atoms with Crippen molar-refractivity contribution in [2.45, 2.75) is 26.2 Å². The highest BCUT2D eigenvalue weighted by Gasteiger charge is 2.27. The van der Waals surface area contributed by atoms with Gasteiger partial charge in [0.05, 0.1) is 5.56 Å². The Morgan fingerprint density at radius 1 is 1.33 bits per heavy atom. The highest BCUT2D eigenvalue weighted by Crippen LogP contribution is 2.38. The average Bonchev–Trinajstić information content (AvgIpc) is 3.09. The average molecular weight is 347 g/mol. The lowest BCUT2D eigenvalue weighted by Gasteiger charge is -2.27. The van der Waals surface area contributed by atoms with Gasteiger partial charge in [-0.3, -0.25) is 0 Å². The molecule has 128 valence electrons. The van der Waals surface area contributed by atoms with Gasteiger partial charge in [-0.1, -0.05) is 32.1 Å². The topological polar surface area (TPSA) is 80.2 Å². The quantitative estimate of drug-likeness (QED) is 0.898. The second-order valence-electron chi connectivity index (χ2n) is 6.64. The number of piperazine rings is 1. The van der Waals surface area contributed by atoms with Crippen LogP contribution in [0.4, 0.5) is 4.79 Å². The SMILES string of the molecule is CC(C)(C)c1ccnc(OC(=O)N2CCNCC2)c1-c1nncs1. The van der Waals surface area contributed by atoms with Gasteiger partial charge in [0, 0.05) is 32.4 Å². The molecule has 24 heavy (non-hydrogen) atoms. The minimum Gasteiger partial charge on any atom is -0.390 e. The molecule has 7 nitrogen and oxygen atoms in total. The third kappa shape index (κ3) is 3.54. The number of amides is 1. The van der Waals surface area contributed by atoms with Crippen LogP contribution in [-0.2, 0) is 5.41 Å². The van der Waals surface area contributed by atoms with E-state index in [0.29, 0.717) is 24.0 Å². The van der Waals surface area contributed by atoms with E-state index >= 15 is 0 Å². The first-order valence-electron chi connectivity index (χ1n) is 7.90. The van der Waals surface area contributed by atoms with Gasteiger partial charge in [-0.05, 0) is 17.0 Å². The minimum atomic E-state index is -0.374. The molecule has 1 aliphatic rings. The number of aromatic nitrogens is 3. The second kappa shape index (κ2) is 6.82. The fourth-order valence-electron chi connectivity index (χ4n) is 2.63. The lowest BCUT2D eigenvalue weighted by Crippen LogP contribution is -2.47. The van der Waals surface area contributed by atoms with E-state index in [0.717, 1.165) is 24.2 Å². The third-order valence-electron chi connectivity index (χ3n) is 3.86. The van der Waals surface area contributed by atoms with Crippen LogP contribution in [0.2, 0.25) is 0 Å². The molecule has 3 heterocycles. The fourth-order valence-corrected chi connectivity index (χ4v) is 3.23. The Morgan fingerprint density at radius 3 is 2.71 bits per heavy atom. The number of carbonyl (C=O) groups excluding carboxylic acids is 1. The van der Waals surface area contributed by atoms with Crippen LogP contribution in [-0.4, -0.2) is 52.4 Å². The lowest BCUT2D eigenvalue weighted by molar-refractivity contribution is 0.144. The maximum Gasteiger partial charge on any atom is 0.416 e. The molecule has 3 rings (SSSR count).